The van der Waals surface area contributed by atoms with Crippen molar-refractivity contribution >= 4 is 5.82 Å². The number of anilines is 1. The van der Waals surface area contributed by atoms with Gasteiger partial charge in [0.15, 0.2) is 0 Å². The van der Waals surface area contributed by atoms with E-state index in [0.717, 1.165) is 37.7 Å². The van der Waals surface area contributed by atoms with Crippen molar-refractivity contribution in [3.63, 3.8) is 0 Å². The van der Waals surface area contributed by atoms with Gasteiger partial charge in [0, 0.05) is 29.8 Å². The highest BCUT2D eigenvalue weighted by atomic mass is 16.5. The first-order chi connectivity index (χ1) is 10.2. The van der Waals surface area contributed by atoms with Gasteiger partial charge < -0.3 is 15.4 Å². The third-order valence-electron chi connectivity index (χ3n) is 4.48. The minimum atomic E-state index is 0.261. The number of aromatic nitrogens is 2. The molecule has 0 bridgehead atoms. The van der Waals surface area contributed by atoms with Gasteiger partial charge in [0.05, 0.1) is 13.2 Å². The molecule has 3 rings (SSSR count). The molecule has 0 amide bonds. The second kappa shape index (κ2) is 6.71. The lowest BCUT2D eigenvalue weighted by molar-refractivity contribution is -0.0924. The van der Waals surface area contributed by atoms with E-state index in [1.54, 1.807) is 6.33 Å². The van der Waals surface area contributed by atoms with E-state index in [2.05, 4.69) is 33.6 Å². The summed E-state index contributed by atoms with van der Waals surface area (Å²) in [5.74, 6) is 0.935. The molecular weight excluding hydrogens is 264 g/mol. The van der Waals surface area contributed by atoms with Crippen LogP contribution in [-0.2, 0) is 11.2 Å². The van der Waals surface area contributed by atoms with Crippen LogP contribution < -0.4 is 10.6 Å². The number of nitrogens with zero attached hydrogens (tertiary/aromatic N) is 2. The lowest BCUT2D eigenvalue weighted by atomic mass is 9.89. The molecule has 1 aromatic rings. The summed E-state index contributed by atoms with van der Waals surface area (Å²) in [6, 6.07) is 2.75. The number of nitrogens with one attached hydrogen (secondary N) is 2. The molecular formula is C16H26N4O. The summed E-state index contributed by atoms with van der Waals surface area (Å²) in [5, 5.41) is 7.01. The van der Waals surface area contributed by atoms with Crippen molar-refractivity contribution in [1.82, 2.24) is 15.3 Å². The highest BCUT2D eigenvalue weighted by Crippen LogP contribution is 2.26. The van der Waals surface area contributed by atoms with Gasteiger partial charge in [-0.2, -0.15) is 0 Å². The van der Waals surface area contributed by atoms with Crippen molar-refractivity contribution in [1.29, 1.82) is 0 Å². The Morgan fingerprint density at radius 2 is 2.29 bits per heavy atom. The molecule has 0 radical (unpaired) electrons. The van der Waals surface area contributed by atoms with Crippen LogP contribution in [0.1, 0.15) is 38.3 Å². The van der Waals surface area contributed by atoms with E-state index in [4.69, 9.17) is 4.74 Å². The SMILES string of the molecule is CC1(CNc2cc(CCC3CCCCN3)ncn2)COC1. The number of hydrogen-bond acceptors (Lipinski definition) is 5. The average molecular weight is 290 g/mol. The van der Waals surface area contributed by atoms with Crippen molar-refractivity contribution in [3.8, 4) is 0 Å². The first-order valence-electron chi connectivity index (χ1n) is 8.09. The van der Waals surface area contributed by atoms with Crippen molar-refractivity contribution in [2.75, 3.05) is 31.6 Å². The van der Waals surface area contributed by atoms with E-state index in [9.17, 15) is 0 Å². The van der Waals surface area contributed by atoms with Crippen LogP contribution in [-0.4, -0.2) is 42.3 Å². The summed E-state index contributed by atoms with van der Waals surface area (Å²) in [7, 11) is 0. The molecule has 2 saturated heterocycles. The van der Waals surface area contributed by atoms with Gasteiger partial charge in [-0.1, -0.05) is 13.3 Å². The Kier molecular flexibility index (Phi) is 4.70. The van der Waals surface area contributed by atoms with Crippen LogP contribution in [0.15, 0.2) is 12.4 Å². The molecule has 5 nitrogen and oxygen atoms in total. The lowest BCUT2D eigenvalue weighted by Gasteiger charge is -2.38. The summed E-state index contributed by atoms with van der Waals surface area (Å²) in [6.07, 6.45) is 7.84. The number of piperidine rings is 1. The Morgan fingerprint density at radius 1 is 1.38 bits per heavy atom. The second-order valence-electron chi connectivity index (χ2n) is 6.74. The summed E-state index contributed by atoms with van der Waals surface area (Å²) in [4.78, 5) is 8.72. The molecule has 1 atom stereocenters. The van der Waals surface area contributed by atoms with Gasteiger partial charge in [-0.15, -0.1) is 0 Å². The highest BCUT2D eigenvalue weighted by molar-refractivity contribution is 5.35. The van der Waals surface area contributed by atoms with E-state index < -0.39 is 0 Å². The van der Waals surface area contributed by atoms with E-state index in [1.807, 2.05) is 0 Å². The zero-order valence-corrected chi connectivity index (χ0v) is 12.9. The molecule has 2 aliphatic heterocycles. The van der Waals surface area contributed by atoms with Gasteiger partial charge in [0.2, 0.25) is 0 Å². The molecule has 0 aromatic carbocycles. The van der Waals surface area contributed by atoms with Gasteiger partial charge in [0.1, 0.15) is 12.1 Å². The van der Waals surface area contributed by atoms with E-state index in [-0.39, 0.29) is 5.41 Å². The van der Waals surface area contributed by atoms with Gasteiger partial charge in [-0.05, 0) is 32.2 Å². The van der Waals surface area contributed by atoms with Gasteiger partial charge in [-0.3, -0.25) is 0 Å². The lowest BCUT2D eigenvalue weighted by Crippen LogP contribution is -2.45. The van der Waals surface area contributed by atoms with Crippen LogP contribution in [0.4, 0.5) is 5.82 Å². The van der Waals surface area contributed by atoms with Crippen molar-refractivity contribution in [2.45, 2.75) is 45.1 Å². The fourth-order valence-electron chi connectivity index (χ4n) is 2.98. The van der Waals surface area contributed by atoms with Crippen LogP contribution in [0.5, 0.6) is 0 Å². The Bertz CT molecular complexity index is 455. The monoisotopic (exact) mass is 290 g/mol. The minimum absolute atomic E-state index is 0.261. The predicted octanol–water partition coefficient (Wildman–Crippen LogP) is 2.00. The first kappa shape index (κ1) is 14.7. The number of ether oxygens (including phenoxy) is 1. The zero-order valence-electron chi connectivity index (χ0n) is 12.9. The van der Waals surface area contributed by atoms with Crippen LogP contribution in [0, 0.1) is 5.41 Å². The van der Waals surface area contributed by atoms with Crippen LogP contribution in [0.25, 0.3) is 0 Å². The smallest absolute Gasteiger partial charge is 0.129 e. The fraction of sp³-hybridized carbons (Fsp3) is 0.750. The molecule has 1 unspecified atom stereocenters. The van der Waals surface area contributed by atoms with Crippen LogP contribution >= 0.6 is 0 Å². The third kappa shape index (κ3) is 4.14. The largest absolute Gasteiger partial charge is 0.380 e. The van der Waals surface area contributed by atoms with Gasteiger partial charge in [-0.25, -0.2) is 9.97 Å². The summed E-state index contributed by atoms with van der Waals surface area (Å²) in [5.41, 5.74) is 1.40. The molecule has 21 heavy (non-hydrogen) atoms. The average Bonchev–Trinajstić information content (AvgIpc) is 2.51. The topological polar surface area (TPSA) is 59.1 Å². The van der Waals surface area contributed by atoms with Crippen molar-refractivity contribution in [2.24, 2.45) is 5.41 Å². The van der Waals surface area contributed by atoms with Crippen LogP contribution in [0.3, 0.4) is 0 Å². The van der Waals surface area contributed by atoms with E-state index in [1.165, 1.54) is 32.2 Å². The molecule has 2 aliphatic rings. The molecule has 2 N–H and O–H groups in total. The predicted molar refractivity (Wildman–Crippen MR) is 83.4 cm³/mol. The molecule has 0 saturated carbocycles. The molecule has 3 heterocycles. The maximum absolute atomic E-state index is 5.28. The second-order valence-corrected chi connectivity index (χ2v) is 6.74. The summed E-state index contributed by atoms with van der Waals surface area (Å²) in [6.45, 7) is 5.99. The molecule has 1 aromatic heterocycles. The van der Waals surface area contributed by atoms with Crippen LogP contribution in [0.2, 0.25) is 0 Å². The number of hydrogen-bond donors (Lipinski definition) is 2. The van der Waals surface area contributed by atoms with Gasteiger partial charge >= 0.3 is 0 Å². The third-order valence-corrected chi connectivity index (χ3v) is 4.48. The van der Waals surface area contributed by atoms with E-state index >= 15 is 0 Å². The van der Waals surface area contributed by atoms with Crippen molar-refractivity contribution in [3.05, 3.63) is 18.1 Å². The molecule has 0 aliphatic carbocycles. The zero-order chi connectivity index (χ0) is 14.5. The normalized spacial score (nSPS) is 24.3. The fourth-order valence-corrected chi connectivity index (χ4v) is 2.98. The molecule has 116 valence electrons. The Balaban J connectivity index is 1.48. The maximum atomic E-state index is 5.28. The van der Waals surface area contributed by atoms with Crippen molar-refractivity contribution < 1.29 is 4.74 Å². The highest BCUT2D eigenvalue weighted by Gasteiger charge is 2.33. The Labute approximate surface area is 126 Å². The Morgan fingerprint density at radius 3 is 3.00 bits per heavy atom. The molecule has 5 heteroatoms. The molecule has 2 fully saturated rings. The number of aryl methyl sites for hydroxylation is 1. The summed E-state index contributed by atoms with van der Waals surface area (Å²) < 4.78 is 5.28. The van der Waals surface area contributed by atoms with E-state index in [0.29, 0.717) is 6.04 Å². The molecule has 0 spiro atoms. The minimum Gasteiger partial charge on any atom is -0.380 e. The Hall–Kier alpha value is -1.20. The van der Waals surface area contributed by atoms with Gasteiger partial charge in [0.25, 0.3) is 0 Å². The summed E-state index contributed by atoms with van der Waals surface area (Å²) >= 11 is 0. The first-order valence-corrected chi connectivity index (χ1v) is 8.09. The standard InChI is InChI=1S/C16H26N4O/c1-16(10-21-11-16)9-18-15-8-14(19-12-20-15)6-5-13-4-2-3-7-17-13/h8,12-13,17H,2-7,9-11H2,1H3,(H,18,19,20). The number of rotatable bonds is 6. The quantitative estimate of drug-likeness (QED) is 0.839. The maximum Gasteiger partial charge on any atom is 0.129 e.